The lowest BCUT2D eigenvalue weighted by Gasteiger charge is -2.03. The maximum Gasteiger partial charge on any atom is 0.284 e. The maximum absolute atomic E-state index is 13.2. The molecule has 0 heterocycles. The van der Waals surface area contributed by atoms with E-state index in [9.17, 15) is 22.9 Å². The lowest BCUT2D eigenvalue weighted by Crippen LogP contribution is -2.17. The fraction of sp³-hybridized carbons (Fsp3) is 0.250. The summed E-state index contributed by atoms with van der Waals surface area (Å²) in [6.45, 7) is 0. The van der Waals surface area contributed by atoms with Crippen LogP contribution in [-0.4, -0.2) is 24.8 Å². The number of nitrogens with two attached hydrogens (primary N) is 1. The molecule has 2 N–H and O–H groups in total. The Morgan fingerprint density at radius 2 is 2.11 bits per heavy atom. The molecule has 0 aliphatic carbocycles. The molecule has 0 aliphatic rings. The Bertz CT molecular complexity index is 579. The molecule has 1 rings (SSSR count). The Hall–Kier alpha value is -0.900. The molecule has 10 heteroatoms. The van der Waals surface area contributed by atoms with E-state index in [1.54, 1.807) is 0 Å². The highest BCUT2D eigenvalue weighted by molar-refractivity contribution is 8.00. The molecule has 0 spiro atoms. The minimum absolute atomic E-state index is 0.00514. The zero-order valence-corrected chi connectivity index (χ0v) is 11.2. The molecule has 0 radical (unpaired) electrons. The van der Waals surface area contributed by atoms with Gasteiger partial charge in [-0.1, -0.05) is 11.6 Å². The minimum atomic E-state index is -3.66. The Morgan fingerprint density at radius 1 is 1.50 bits per heavy atom. The fourth-order valence-electron chi connectivity index (χ4n) is 1.04. The van der Waals surface area contributed by atoms with Gasteiger partial charge in [0.2, 0.25) is 10.0 Å². The molecule has 0 aromatic heterocycles. The van der Waals surface area contributed by atoms with E-state index in [2.05, 4.69) is 0 Å². The van der Waals surface area contributed by atoms with Gasteiger partial charge < -0.3 is 0 Å². The highest BCUT2D eigenvalue weighted by atomic mass is 35.5. The predicted octanol–water partition coefficient (Wildman–Crippen LogP) is 1.77. The number of hydrogen-bond donors (Lipinski definition) is 1. The highest BCUT2D eigenvalue weighted by Gasteiger charge is 2.18. The van der Waals surface area contributed by atoms with E-state index in [4.69, 9.17) is 16.7 Å². The molecule has 0 unspecified atom stereocenters. The fourth-order valence-corrected chi connectivity index (χ4v) is 3.15. The van der Waals surface area contributed by atoms with Gasteiger partial charge in [-0.3, -0.25) is 10.1 Å². The number of rotatable bonds is 5. The van der Waals surface area contributed by atoms with E-state index in [0.29, 0.717) is 0 Å². The number of nitrogens with zero attached hydrogens (tertiary/aromatic N) is 1. The highest BCUT2D eigenvalue weighted by Crippen LogP contribution is 2.33. The van der Waals surface area contributed by atoms with E-state index >= 15 is 0 Å². The topological polar surface area (TPSA) is 103 Å². The average molecular weight is 315 g/mol. The van der Waals surface area contributed by atoms with Crippen LogP contribution in [0.4, 0.5) is 10.1 Å². The molecule has 0 amide bonds. The molecule has 6 nitrogen and oxygen atoms in total. The summed E-state index contributed by atoms with van der Waals surface area (Å²) in [5, 5.41) is 15.1. The van der Waals surface area contributed by atoms with E-state index in [0.717, 1.165) is 23.9 Å². The molecular weight excluding hydrogens is 307 g/mol. The van der Waals surface area contributed by atoms with Crippen molar-refractivity contribution >= 4 is 39.1 Å². The summed E-state index contributed by atoms with van der Waals surface area (Å²) in [5.74, 6) is -1.18. The van der Waals surface area contributed by atoms with Crippen molar-refractivity contribution in [2.45, 2.75) is 4.90 Å². The Morgan fingerprint density at radius 3 is 2.61 bits per heavy atom. The van der Waals surface area contributed by atoms with Gasteiger partial charge in [0.1, 0.15) is 5.82 Å². The minimum Gasteiger partial charge on any atom is -0.258 e. The van der Waals surface area contributed by atoms with Gasteiger partial charge in [-0.05, 0) is 6.07 Å². The maximum atomic E-state index is 13.2. The predicted molar refractivity (Wildman–Crippen MR) is 66.8 cm³/mol. The van der Waals surface area contributed by atoms with Crippen molar-refractivity contribution < 1.29 is 17.7 Å². The van der Waals surface area contributed by atoms with Crippen LogP contribution in [0.15, 0.2) is 17.0 Å². The molecule has 1 aromatic rings. The van der Waals surface area contributed by atoms with Crippen molar-refractivity contribution in [3.05, 3.63) is 33.1 Å². The van der Waals surface area contributed by atoms with Crippen molar-refractivity contribution in [3.8, 4) is 0 Å². The number of primary sulfonamides is 1. The van der Waals surface area contributed by atoms with Gasteiger partial charge in [0.15, 0.2) is 0 Å². The van der Waals surface area contributed by atoms with Gasteiger partial charge in [0, 0.05) is 11.8 Å². The molecule has 100 valence electrons. The van der Waals surface area contributed by atoms with Gasteiger partial charge >= 0.3 is 0 Å². The first-order chi connectivity index (χ1) is 8.20. The van der Waals surface area contributed by atoms with Crippen molar-refractivity contribution in [1.29, 1.82) is 0 Å². The van der Waals surface area contributed by atoms with Crippen LogP contribution >= 0.6 is 23.4 Å². The molecule has 0 saturated heterocycles. The number of benzene rings is 1. The summed E-state index contributed by atoms with van der Waals surface area (Å²) in [7, 11) is -3.66. The van der Waals surface area contributed by atoms with E-state index in [-0.39, 0.29) is 27.1 Å². The largest absolute Gasteiger partial charge is 0.284 e. The molecule has 18 heavy (non-hydrogen) atoms. The van der Waals surface area contributed by atoms with Crippen LogP contribution in [0.5, 0.6) is 0 Å². The Kier molecular flexibility index (Phi) is 4.91. The van der Waals surface area contributed by atoms with Crippen LogP contribution in [-0.2, 0) is 10.0 Å². The monoisotopic (exact) mass is 314 g/mol. The first-order valence-corrected chi connectivity index (χ1v) is 7.55. The normalized spacial score (nSPS) is 11.5. The average Bonchev–Trinajstić information content (AvgIpc) is 2.20. The lowest BCUT2D eigenvalue weighted by atomic mass is 10.3. The van der Waals surface area contributed by atoms with Crippen LogP contribution in [0.25, 0.3) is 0 Å². The number of hydrogen-bond acceptors (Lipinski definition) is 5. The molecule has 0 aliphatic heterocycles. The van der Waals surface area contributed by atoms with Gasteiger partial charge in [-0.15, -0.1) is 11.8 Å². The second-order valence-corrected chi connectivity index (χ2v) is 6.48. The summed E-state index contributed by atoms with van der Waals surface area (Å²) < 4.78 is 34.6. The van der Waals surface area contributed by atoms with Crippen molar-refractivity contribution in [2.24, 2.45) is 5.14 Å². The molecule has 1 aromatic carbocycles. The second kappa shape index (κ2) is 5.83. The quantitative estimate of drug-likeness (QED) is 0.507. The summed E-state index contributed by atoms with van der Waals surface area (Å²) in [6, 6.07) is 1.78. The second-order valence-electron chi connectivity index (χ2n) is 3.21. The zero-order chi connectivity index (χ0) is 13.9. The molecule has 0 atom stereocenters. The van der Waals surface area contributed by atoms with Crippen LogP contribution < -0.4 is 5.14 Å². The van der Waals surface area contributed by atoms with E-state index in [1.807, 2.05) is 0 Å². The number of sulfonamides is 1. The van der Waals surface area contributed by atoms with Crippen LogP contribution in [0.1, 0.15) is 0 Å². The molecule has 0 fully saturated rings. The first kappa shape index (κ1) is 15.2. The Balaban J connectivity index is 2.94. The van der Waals surface area contributed by atoms with Crippen LogP contribution in [0, 0.1) is 15.9 Å². The summed E-state index contributed by atoms with van der Waals surface area (Å²) in [6.07, 6.45) is 0. The SMILES string of the molecule is NS(=O)(=O)CCSc1cc(F)c(Cl)cc1[N+](=O)[O-]. The van der Waals surface area contributed by atoms with E-state index in [1.165, 1.54) is 0 Å². The number of nitro benzene ring substituents is 1. The summed E-state index contributed by atoms with van der Waals surface area (Å²) >= 11 is 6.26. The van der Waals surface area contributed by atoms with Gasteiger partial charge in [-0.2, -0.15) is 0 Å². The molecule has 0 bridgehead atoms. The number of nitro groups is 1. The van der Waals surface area contributed by atoms with Gasteiger partial charge in [-0.25, -0.2) is 17.9 Å². The van der Waals surface area contributed by atoms with Crippen molar-refractivity contribution in [1.82, 2.24) is 0 Å². The summed E-state index contributed by atoms with van der Waals surface area (Å²) in [4.78, 5) is 10.0. The van der Waals surface area contributed by atoms with E-state index < -0.39 is 20.8 Å². The van der Waals surface area contributed by atoms with Crippen LogP contribution in [0.3, 0.4) is 0 Å². The third-order valence-corrected chi connectivity index (χ3v) is 4.19. The number of halogens is 2. The zero-order valence-electron chi connectivity index (χ0n) is 8.80. The summed E-state index contributed by atoms with van der Waals surface area (Å²) in [5.41, 5.74) is -0.374. The smallest absolute Gasteiger partial charge is 0.258 e. The third-order valence-electron chi connectivity index (χ3n) is 1.82. The van der Waals surface area contributed by atoms with Crippen molar-refractivity contribution in [2.75, 3.05) is 11.5 Å². The van der Waals surface area contributed by atoms with Gasteiger partial charge in [0.05, 0.1) is 20.6 Å². The molecule has 0 saturated carbocycles. The first-order valence-electron chi connectivity index (χ1n) is 4.47. The number of thioether (sulfide) groups is 1. The third kappa shape index (κ3) is 4.41. The molecular formula is C8H8ClFN2O4S2. The Labute approximate surface area is 112 Å². The standard InChI is InChI=1S/C8H8ClFN2O4S2/c9-5-3-7(12(13)14)8(4-6(5)10)17-1-2-18(11,15)16/h3-4H,1-2H2,(H2,11,15,16). The van der Waals surface area contributed by atoms with Crippen molar-refractivity contribution in [3.63, 3.8) is 0 Å². The lowest BCUT2D eigenvalue weighted by molar-refractivity contribution is -0.387. The van der Waals surface area contributed by atoms with Gasteiger partial charge in [0.25, 0.3) is 5.69 Å². The van der Waals surface area contributed by atoms with Crippen LogP contribution in [0.2, 0.25) is 5.02 Å².